The van der Waals surface area contributed by atoms with Gasteiger partial charge in [-0.3, -0.25) is 10.1 Å². The average molecular weight is 290 g/mol. The van der Waals surface area contributed by atoms with Crippen molar-refractivity contribution in [2.75, 3.05) is 11.9 Å². The number of hydrogen-bond acceptors (Lipinski definition) is 4. The molecule has 0 fully saturated rings. The zero-order valence-electron chi connectivity index (χ0n) is 11.6. The van der Waals surface area contributed by atoms with E-state index in [2.05, 4.69) is 24.1 Å². The van der Waals surface area contributed by atoms with Crippen LogP contribution in [-0.4, -0.2) is 17.5 Å². The highest BCUT2D eigenvalue weighted by Gasteiger charge is 2.11. The molecule has 1 aromatic heterocycles. The van der Waals surface area contributed by atoms with Gasteiger partial charge in [0, 0.05) is 11.6 Å². The summed E-state index contributed by atoms with van der Waals surface area (Å²) in [5, 5.41) is 5.10. The summed E-state index contributed by atoms with van der Waals surface area (Å²) in [5.74, 6) is 0.989. The molecular formula is C15H18N2O2S. The Hall–Kier alpha value is -1.88. The Morgan fingerprint density at radius 1 is 1.45 bits per heavy atom. The Bertz CT molecular complexity index is 555. The van der Waals surface area contributed by atoms with Crippen LogP contribution in [0.5, 0.6) is 5.75 Å². The molecule has 0 saturated carbocycles. The third-order valence-corrected chi connectivity index (χ3v) is 3.79. The second-order valence-electron chi connectivity index (χ2n) is 4.52. The first-order chi connectivity index (χ1) is 9.70. The van der Waals surface area contributed by atoms with Gasteiger partial charge in [0.05, 0.1) is 0 Å². The Balaban J connectivity index is 1.95. The minimum atomic E-state index is -0.195. The minimum absolute atomic E-state index is 0.00692. The van der Waals surface area contributed by atoms with Crippen LogP contribution in [0.25, 0.3) is 0 Å². The number of ether oxygens (including phenoxy) is 1. The van der Waals surface area contributed by atoms with E-state index in [4.69, 9.17) is 4.74 Å². The molecule has 0 bridgehead atoms. The van der Waals surface area contributed by atoms with Gasteiger partial charge in [-0.2, -0.15) is 0 Å². The van der Waals surface area contributed by atoms with Gasteiger partial charge in [-0.1, -0.05) is 32.0 Å². The largest absolute Gasteiger partial charge is 0.483 e. The van der Waals surface area contributed by atoms with Crippen molar-refractivity contribution in [3.05, 3.63) is 41.4 Å². The van der Waals surface area contributed by atoms with Crippen molar-refractivity contribution in [1.82, 2.24) is 4.98 Å². The maximum absolute atomic E-state index is 11.8. The van der Waals surface area contributed by atoms with Crippen LogP contribution in [-0.2, 0) is 4.79 Å². The van der Waals surface area contributed by atoms with Crippen LogP contribution in [0.4, 0.5) is 5.13 Å². The number of anilines is 1. The molecule has 1 aromatic carbocycles. The molecule has 106 valence electrons. The van der Waals surface area contributed by atoms with Crippen molar-refractivity contribution in [3.63, 3.8) is 0 Å². The van der Waals surface area contributed by atoms with Crippen LogP contribution < -0.4 is 10.1 Å². The molecule has 0 radical (unpaired) electrons. The molecule has 4 nitrogen and oxygen atoms in total. The lowest BCUT2D eigenvalue weighted by atomic mass is 9.98. The predicted octanol–water partition coefficient (Wildman–Crippen LogP) is 3.67. The zero-order valence-corrected chi connectivity index (χ0v) is 12.4. The van der Waals surface area contributed by atoms with Gasteiger partial charge < -0.3 is 4.74 Å². The second-order valence-corrected chi connectivity index (χ2v) is 5.42. The molecule has 1 amide bonds. The van der Waals surface area contributed by atoms with Gasteiger partial charge in [0.1, 0.15) is 5.75 Å². The topological polar surface area (TPSA) is 51.2 Å². The van der Waals surface area contributed by atoms with Crippen LogP contribution in [0.2, 0.25) is 0 Å². The van der Waals surface area contributed by atoms with Crippen molar-refractivity contribution in [1.29, 1.82) is 0 Å². The molecule has 2 rings (SSSR count). The molecule has 0 aliphatic heterocycles. The quantitative estimate of drug-likeness (QED) is 0.883. The van der Waals surface area contributed by atoms with Gasteiger partial charge in [0.25, 0.3) is 5.91 Å². The van der Waals surface area contributed by atoms with Crippen LogP contribution >= 0.6 is 11.3 Å². The van der Waals surface area contributed by atoms with E-state index in [-0.39, 0.29) is 12.5 Å². The number of rotatable bonds is 6. The Morgan fingerprint density at radius 3 is 2.95 bits per heavy atom. The van der Waals surface area contributed by atoms with E-state index in [1.807, 2.05) is 29.6 Å². The lowest BCUT2D eigenvalue weighted by Crippen LogP contribution is -2.20. The molecule has 0 spiro atoms. The van der Waals surface area contributed by atoms with Crippen LogP contribution in [0.3, 0.4) is 0 Å². The number of thiazole rings is 1. The number of aromatic nitrogens is 1. The fourth-order valence-electron chi connectivity index (χ4n) is 1.82. The van der Waals surface area contributed by atoms with Gasteiger partial charge in [-0.15, -0.1) is 11.3 Å². The lowest BCUT2D eigenvalue weighted by molar-refractivity contribution is -0.118. The van der Waals surface area contributed by atoms with Gasteiger partial charge in [-0.05, 0) is 24.0 Å². The van der Waals surface area contributed by atoms with Crippen LogP contribution in [0.15, 0.2) is 35.8 Å². The summed E-state index contributed by atoms with van der Waals surface area (Å²) >= 11 is 1.39. The summed E-state index contributed by atoms with van der Waals surface area (Å²) in [7, 11) is 0. The van der Waals surface area contributed by atoms with Gasteiger partial charge in [0.15, 0.2) is 11.7 Å². The van der Waals surface area contributed by atoms with E-state index >= 15 is 0 Å². The SMILES string of the molecule is CC[C@@H](C)c1ccccc1OCC(=O)Nc1nccs1. The molecule has 1 atom stereocenters. The monoisotopic (exact) mass is 290 g/mol. The molecule has 0 aliphatic rings. The third kappa shape index (κ3) is 3.81. The van der Waals surface area contributed by atoms with Crippen molar-refractivity contribution in [3.8, 4) is 5.75 Å². The molecule has 5 heteroatoms. The van der Waals surface area contributed by atoms with Crippen molar-refractivity contribution in [2.24, 2.45) is 0 Å². The van der Waals surface area contributed by atoms with E-state index in [9.17, 15) is 4.79 Å². The maximum Gasteiger partial charge on any atom is 0.264 e. The highest BCUT2D eigenvalue weighted by molar-refractivity contribution is 7.13. The van der Waals surface area contributed by atoms with E-state index in [1.54, 1.807) is 6.20 Å². The van der Waals surface area contributed by atoms with Gasteiger partial charge in [0.2, 0.25) is 0 Å². The zero-order chi connectivity index (χ0) is 14.4. The summed E-state index contributed by atoms with van der Waals surface area (Å²) in [6.07, 6.45) is 2.69. The summed E-state index contributed by atoms with van der Waals surface area (Å²) in [4.78, 5) is 15.8. The van der Waals surface area contributed by atoms with Crippen molar-refractivity contribution >= 4 is 22.4 Å². The Kier molecular flexibility index (Phi) is 5.12. The predicted molar refractivity (Wildman–Crippen MR) is 81.4 cm³/mol. The first kappa shape index (κ1) is 14.5. The fraction of sp³-hybridized carbons (Fsp3) is 0.333. The van der Waals surface area contributed by atoms with Gasteiger partial charge >= 0.3 is 0 Å². The molecule has 2 aromatic rings. The highest BCUT2D eigenvalue weighted by Crippen LogP contribution is 2.28. The molecular weight excluding hydrogens is 272 g/mol. The summed E-state index contributed by atoms with van der Waals surface area (Å²) in [6.45, 7) is 4.28. The molecule has 20 heavy (non-hydrogen) atoms. The first-order valence-electron chi connectivity index (χ1n) is 6.61. The Labute approximate surface area is 122 Å². The van der Waals surface area contributed by atoms with E-state index < -0.39 is 0 Å². The van der Waals surface area contributed by atoms with Crippen molar-refractivity contribution < 1.29 is 9.53 Å². The molecule has 0 unspecified atom stereocenters. The minimum Gasteiger partial charge on any atom is -0.483 e. The molecule has 0 saturated heterocycles. The summed E-state index contributed by atoms with van der Waals surface area (Å²) in [6, 6.07) is 7.85. The molecule has 1 N–H and O–H groups in total. The number of para-hydroxylation sites is 1. The number of carbonyl (C=O) groups excluding carboxylic acids is 1. The van der Waals surface area contributed by atoms with Crippen molar-refractivity contribution in [2.45, 2.75) is 26.2 Å². The molecule has 1 heterocycles. The van der Waals surface area contributed by atoms with E-state index in [0.29, 0.717) is 11.0 Å². The van der Waals surface area contributed by atoms with Gasteiger partial charge in [-0.25, -0.2) is 4.98 Å². The number of nitrogens with one attached hydrogen (secondary N) is 1. The lowest BCUT2D eigenvalue weighted by Gasteiger charge is -2.15. The summed E-state index contributed by atoms with van der Waals surface area (Å²) < 4.78 is 5.64. The van der Waals surface area contributed by atoms with Crippen LogP contribution in [0, 0.1) is 0 Å². The number of hydrogen-bond donors (Lipinski definition) is 1. The van der Waals surface area contributed by atoms with Crippen LogP contribution in [0.1, 0.15) is 31.7 Å². The average Bonchev–Trinajstić information content (AvgIpc) is 2.97. The number of benzene rings is 1. The smallest absolute Gasteiger partial charge is 0.264 e. The normalized spacial score (nSPS) is 11.9. The standard InChI is InChI=1S/C15H18N2O2S/c1-3-11(2)12-6-4-5-7-13(12)19-10-14(18)17-15-16-8-9-20-15/h4-9,11H,3,10H2,1-2H3,(H,16,17,18)/t11-/m1/s1. The molecule has 0 aliphatic carbocycles. The highest BCUT2D eigenvalue weighted by atomic mass is 32.1. The van der Waals surface area contributed by atoms with E-state index in [0.717, 1.165) is 17.7 Å². The number of nitrogens with zero attached hydrogens (tertiary/aromatic N) is 1. The Morgan fingerprint density at radius 2 is 2.25 bits per heavy atom. The second kappa shape index (κ2) is 7.05. The third-order valence-electron chi connectivity index (χ3n) is 3.10. The summed E-state index contributed by atoms with van der Waals surface area (Å²) in [5.41, 5.74) is 1.14. The maximum atomic E-state index is 11.8. The fourth-order valence-corrected chi connectivity index (χ4v) is 2.37. The first-order valence-corrected chi connectivity index (χ1v) is 7.49. The number of amides is 1. The van der Waals surface area contributed by atoms with E-state index in [1.165, 1.54) is 11.3 Å². The number of carbonyl (C=O) groups is 1.